The average Bonchev–Trinajstić information content (AvgIpc) is 2.75. The first-order chi connectivity index (χ1) is 15.6. The molecule has 186 valence electrons. The zero-order valence-corrected chi connectivity index (χ0v) is 21.4. The fourth-order valence-corrected chi connectivity index (χ4v) is 4.92. The van der Waals surface area contributed by atoms with E-state index in [1.807, 2.05) is 0 Å². The van der Waals surface area contributed by atoms with E-state index in [-0.39, 0.29) is 5.75 Å². The van der Waals surface area contributed by atoms with Crippen molar-refractivity contribution in [1.29, 1.82) is 0 Å². The zero-order valence-electron chi connectivity index (χ0n) is 20.6. The van der Waals surface area contributed by atoms with Gasteiger partial charge in [0.05, 0.1) is 11.8 Å². The summed E-state index contributed by atoms with van der Waals surface area (Å²) in [4.78, 5) is 35.6. The smallest absolute Gasteiger partial charge is 0.327 e. The van der Waals surface area contributed by atoms with Crippen LogP contribution >= 0.6 is 11.8 Å². The van der Waals surface area contributed by atoms with Crippen LogP contribution in [-0.4, -0.2) is 45.6 Å². The predicted molar refractivity (Wildman–Crippen MR) is 135 cm³/mol. The van der Waals surface area contributed by atoms with Crippen LogP contribution < -0.4 is 5.32 Å². The average molecular weight is 480 g/mol. The van der Waals surface area contributed by atoms with Crippen molar-refractivity contribution in [2.75, 3.05) is 11.5 Å². The van der Waals surface area contributed by atoms with Gasteiger partial charge in [-0.3, -0.25) is 9.59 Å². The van der Waals surface area contributed by atoms with Gasteiger partial charge in [0.25, 0.3) is 0 Å². The van der Waals surface area contributed by atoms with Gasteiger partial charge in [-0.1, -0.05) is 47.8 Å². The van der Waals surface area contributed by atoms with E-state index in [9.17, 15) is 24.6 Å². The maximum absolute atomic E-state index is 12.6. The number of thioether (sulfide) groups is 1. The fourth-order valence-electron chi connectivity index (χ4n) is 3.92. The molecule has 0 heterocycles. The Morgan fingerprint density at radius 1 is 0.909 bits per heavy atom. The molecule has 7 heteroatoms. The van der Waals surface area contributed by atoms with E-state index in [4.69, 9.17) is 0 Å². The molecular weight excluding hydrogens is 438 g/mol. The Bertz CT molecular complexity index is 752. The van der Waals surface area contributed by atoms with E-state index in [1.54, 1.807) is 0 Å². The quantitative estimate of drug-likeness (QED) is 0.221. The molecule has 3 atom stereocenters. The maximum atomic E-state index is 12.6. The Morgan fingerprint density at radius 2 is 1.48 bits per heavy atom. The van der Waals surface area contributed by atoms with E-state index >= 15 is 0 Å². The molecule has 0 aliphatic heterocycles. The summed E-state index contributed by atoms with van der Waals surface area (Å²) in [6.07, 6.45) is 13.3. The number of amides is 1. The first kappa shape index (κ1) is 29.0. The normalized spacial score (nSPS) is 20.1. The molecule has 0 aromatic rings. The van der Waals surface area contributed by atoms with Gasteiger partial charge in [0.2, 0.25) is 5.91 Å². The largest absolute Gasteiger partial charge is 0.481 e. The highest BCUT2D eigenvalue weighted by atomic mass is 32.2. The van der Waals surface area contributed by atoms with E-state index in [1.165, 1.54) is 28.5 Å². The summed E-state index contributed by atoms with van der Waals surface area (Å²) in [6.45, 7) is 8.48. The van der Waals surface area contributed by atoms with Crippen molar-refractivity contribution in [2.45, 2.75) is 85.1 Å². The minimum Gasteiger partial charge on any atom is -0.481 e. The summed E-state index contributed by atoms with van der Waals surface area (Å²) >= 11 is 1.46. The Hall–Kier alpha value is -2.02. The number of rotatable bonds is 14. The van der Waals surface area contributed by atoms with Gasteiger partial charge in [0.15, 0.2) is 0 Å². The molecule has 0 bridgehead atoms. The lowest BCUT2D eigenvalue weighted by Crippen LogP contribution is -2.48. The highest BCUT2D eigenvalue weighted by molar-refractivity contribution is 7.99. The van der Waals surface area contributed by atoms with Gasteiger partial charge in [-0.05, 0) is 66.2 Å². The van der Waals surface area contributed by atoms with Crippen LogP contribution in [-0.2, 0) is 14.4 Å². The second-order valence-electron chi connectivity index (χ2n) is 9.23. The number of hydrogen-bond acceptors (Lipinski definition) is 4. The highest BCUT2D eigenvalue weighted by Crippen LogP contribution is 2.30. The van der Waals surface area contributed by atoms with Gasteiger partial charge in [-0.15, -0.1) is 0 Å². The lowest BCUT2D eigenvalue weighted by atomic mass is 9.78. The number of aliphatic carboxylic acids is 2. The number of carboxylic acid groups (broad SMARTS) is 2. The number of hydrogen-bond donors (Lipinski definition) is 3. The van der Waals surface area contributed by atoms with Crippen LogP contribution in [0.3, 0.4) is 0 Å². The summed E-state index contributed by atoms with van der Waals surface area (Å²) in [5.74, 6) is -2.97. The Balaban J connectivity index is 2.43. The van der Waals surface area contributed by atoms with Crippen molar-refractivity contribution in [3.8, 4) is 0 Å². The van der Waals surface area contributed by atoms with Gasteiger partial charge in [-0.25, -0.2) is 4.79 Å². The molecule has 1 rings (SSSR count). The minimum atomic E-state index is -1.09. The SMILES string of the molecule is CC(C)=CCCC(C)=CCCC(C)=CCSCC(NC(=O)C1CCCCC1C(=O)O)C(=O)O. The monoisotopic (exact) mass is 479 g/mol. The number of carboxylic acids is 2. The molecular formula is C26H41NO5S. The second kappa shape index (κ2) is 15.8. The molecule has 1 amide bonds. The third-order valence-electron chi connectivity index (χ3n) is 5.99. The Labute approximate surface area is 203 Å². The van der Waals surface area contributed by atoms with Crippen molar-refractivity contribution in [3.05, 3.63) is 34.9 Å². The van der Waals surface area contributed by atoms with Crippen LogP contribution in [0.4, 0.5) is 0 Å². The van der Waals surface area contributed by atoms with Crippen molar-refractivity contribution in [1.82, 2.24) is 5.32 Å². The van der Waals surface area contributed by atoms with Crippen LogP contribution in [0.15, 0.2) is 34.9 Å². The number of carbonyl (C=O) groups is 3. The molecule has 0 saturated heterocycles. The lowest BCUT2D eigenvalue weighted by Gasteiger charge is -2.28. The maximum Gasteiger partial charge on any atom is 0.327 e. The van der Waals surface area contributed by atoms with Gasteiger partial charge < -0.3 is 15.5 Å². The second-order valence-corrected chi connectivity index (χ2v) is 10.3. The Morgan fingerprint density at radius 3 is 2.06 bits per heavy atom. The standard InChI is InChI=1S/C26H41NO5S/c1-18(2)9-7-10-19(3)11-8-12-20(4)15-16-33-17-23(26(31)32)27-24(28)21-13-5-6-14-22(21)25(29)30/h9,11,15,21-23H,5-8,10,12-14,16-17H2,1-4H3,(H,27,28)(H,29,30)(H,31,32). The van der Waals surface area contributed by atoms with Gasteiger partial charge in [0.1, 0.15) is 6.04 Å². The third-order valence-corrected chi connectivity index (χ3v) is 6.96. The fraction of sp³-hybridized carbons (Fsp3) is 0.654. The van der Waals surface area contributed by atoms with Gasteiger partial charge >= 0.3 is 11.9 Å². The lowest BCUT2D eigenvalue weighted by molar-refractivity contribution is -0.149. The van der Waals surface area contributed by atoms with Crippen LogP contribution in [0.25, 0.3) is 0 Å². The van der Waals surface area contributed by atoms with Crippen molar-refractivity contribution < 1.29 is 24.6 Å². The molecule has 3 N–H and O–H groups in total. The molecule has 1 saturated carbocycles. The molecule has 0 spiro atoms. The highest BCUT2D eigenvalue weighted by Gasteiger charge is 2.37. The number of allylic oxidation sites excluding steroid dienone is 5. The summed E-state index contributed by atoms with van der Waals surface area (Å²) < 4.78 is 0. The van der Waals surface area contributed by atoms with Crippen molar-refractivity contribution in [2.24, 2.45) is 11.8 Å². The van der Waals surface area contributed by atoms with Gasteiger partial charge in [-0.2, -0.15) is 11.8 Å². The molecule has 3 unspecified atom stereocenters. The first-order valence-corrected chi connectivity index (χ1v) is 13.1. The van der Waals surface area contributed by atoms with Gasteiger partial charge in [0, 0.05) is 11.5 Å². The molecule has 1 fully saturated rings. The van der Waals surface area contributed by atoms with Crippen LogP contribution in [0.2, 0.25) is 0 Å². The first-order valence-electron chi connectivity index (χ1n) is 11.9. The molecule has 0 radical (unpaired) electrons. The molecule has 33 heavy (non-hydrogen) atoms. The number of carbonyl (C=O) groups excluding carboxylic acids is 1. The summed E-state index contributed by atoms with van der Waals surface area (Å²) in [7, 11) is 0. The van der Waals surface area contributed by atoms with E-state index < -0.39 is 35.7 Å². The predicted octanol–water partition coefficient (Wildman–Crippen LogP) is 5.60. The van der Waals surface area contributed by atoms with Crippen LogP contribution in [0, 0.1) is 11.8 Å². The Kier molecular flexibility index (Phi) is 13.8. The third kappa shape index (κ3) is 12.1. The van der Waals surface area contributed by atoms with E-state index in [0.717, 1.165) is 38.5 Å². The molecule has 0 aromatic carbocycles. The van der Waals surface area contributed by atoms with Crippen molar-refractivity contribution >= 4 is 29.6 Å². The van der Waals surface area contributed by atoms with E-state index in [0.29, 0.717) is 18.6 Å². The molecule has 1 aliphatic carbocycles. The summed E-state index contributed by atoms with van der Waals surface area (Å²) in [5.41, 5.74) is 4.01. The van der Waals surface area contributed by atoms with Crippen LogP contribution in [0.5, 0.6) is 0 Å². The topological polar surface area (TPSA) is 104 Å². The number of nitrogens with one attached hydrogen (secondary N) is 1. The molecule has 0 aromatic heterocycles. The molecule has 1 aliphatic rings. The van der Waals surface area contributed by atoms with Crippen LogP contribution in [0.1, 0.15) is 79.1 Å². The van der Waals surface area contributed by atoms with E-state index in [2.05, 4.69) is 51.2 Å². The minimum absolute atomic E-state index is 0.249. The zero-order chi connectivity index (χ0) is 24.8. The van der Waals surface area contributed by atoms with Crippen molar-refractivity contribution in [3.63, 3.8) is 0 Å². The molecule has 6 nitrogen and oxygen atoms in total. The summed E-state index contributed by atoms with van der Waals surface area (Å²) in [6, 6.07) is -1.01. The summed E-state index contributed by atoms with van der Waals surface area (Å²) in [5, 5.41) is 21.4.